The summed E-state index contributed by atoms with van der Waals surface area (Å²) in [6.45, 7) is 0.377. The van der Waals surface area contributed by atoms with Crippen molar-refractivity contribution in [2.75, 3.05) is 6.61 Å². The molecule has 1 aromatic carbocycles. The van der Waals surface area contributed by atoms with Crippen LogP contribution in [0.1, 0.15) is 0 Å². The van der Waals surface area contributed by atoms with Crippen molar-refractivity contribution in [3.8, 4) is 28.9 Å². The van der Waals surface area contributed by atoms with Gasteiger partial charge >= 0.3 is 24.2 Å². The zero-order valence-corrected chi connectivity index (χ0v) is 14.9. The van der Waals surface area contributed by atoms with Gasteiger partial charge in [0, 0.05) is 22.9 Å². The second kappa shape index (κ2) is 7.50. The monoisotopic (exact) mass is 423 g/mol. The number of hydrogen-bond donors (Lipinski definition) is 0. The van der Waals surface area contributed by atoms with Gasteiger partial charge < -0.3 is 24.3 Å². The third kappa shape index (κ3) is 4.39. The lowest BCUT2D eigenvalue weighted by Crippen LogP contribution is -2.34. The number of alkyl halides is 3. The van der Waals surface area contributed by atoms with Crippen molar-refractivity contribution in [1.82, 2.24) is 19.5 Å². The Labute approximate surface area is 166 Å². The van der Waals surface area contributed by atoms with Crippen LogP contribution < -0.4 is 14.2 Å². The summed E-state index contributed by atoms with van der Waals surface area (Å²) in [6, 6.07) is 5.47. The average molecular weight is 423 g/mol. The van der Waals surface area contributed by atoms with Crippen LogP contribution in [0.4, 0.5) is 19.0 Å². The molecule has 0 bridgehead atoms. The molecule has 1 aliphatic rings. The van der Waals surface area contributed by atoms with Crippen LogP contribution in [0.3, 0.4) is 0 Å². The van der Waals surface area contributed by atoms with E-state index in [9.17, 15) is 23.3 Å². The number of ether oxygens (including phenoxy) is 3. The highest BCUT2D eigenvalue weighted by atomic mass is 19.4. The Kier molecular flexibility index (Phi) is 4.85. The molecule has 13 heteroatoms. The molecule has 3 heterocycles. The quantitative estimate of drug-likeness (QED) is 0.455. The lowest BCUT2D eigenvalue weighted by Gasteiger charge is -2.21. The van der Waals surface area contributed by atoms with Gasteiger partial charge in [-0.25, -0.2) is 9.97 Å². The predicted molar refractivity (Wildman–Crippen MR) is 92.9 cm³/mol. The molecular weight excluding hydrogens is 411 g/mol. The summed E-state index contributed by atoms with van der Waals surface area (Å²) >= 11 is 0. The molecule has 30 heavy (non-hydrogen) atoms. The number of benzene rings is 1. The van der Waals surface area contributed by atoms with E-state index in [2.05, 4.69) is 19.7 Å². The summed E-state index contributed by atoms with van der Waals surface area (Å²) < 4.78 is 52.9. The van der Waals surface area contributed by atoms with E-state index in [1.54, 1.807) is 0 Å². The molecule has 1 atom stereocenters. The van der Waals surface area contributed by atoms with Gasteiger partial charge in [-0.05, 0) is 22.6 Å². The second-order valence-electron chi connectivity index (χ2n) is 6.17. The number of imidazole rings is 1. The van der Waals surface area contributed by atoms with Gasteiger partial charge in [0.05, 0.1) is 6.54 Å². The molecule has 0 amide bonds. The number of hydrogen-bond acceptors (Lipinski definition) is 8. The molecule has 4 rings (SSSR count). The summed E-state index contributed by atoms with van der Waals surface area (Å²) in [5.41, 5.74) is 1.15. The Morgan fingerprint density at radius 1 is 1.17 bits per heavy atom. The SMILES string of the molecule is O=[N+]([O-])c1cn2c(n1)OC[C@H](Oc1ncc(-c3ccc(OC(F)(F)F)cc3)cn1)C2. The fourth-order valence-electron chi connectivity index (χ4n) is 2.75. The number of nitrogens with zero attached hydrogens (tertiary/aromatic N) is 5. The first-order chi connectivity index (χ1) is 14.3. The molecule has 0 aliphatic carbocycles. The minimum absolute atomic E-state index is 0.0578. The van der Waals surface area contributed by atoms with Gasteiger partial charge in [-0.3, -0.25) is 4.57 Å². The van der Waals surface area contributed by atoms with Gasteiger partial charge in [0.15, 0.2) is 6.10 Å². The largest absolute Gasteiger partial charge is 0.573 e. The topological polar surface area (TPSA) is 114 Å². The maximum absolute atomic E-state index is 12.2. The molecule has 0 spiro atoms. The normalized spacial score (nSPS) is 15.8. The first-order valence-corrected chi connectivity index (χ1v) is 8.46. The molecule has 0 fully saturated rings. The minimum Gasteiger partial charge on any atom is -0.455 e. The van der Waals surface area contributed by atoms with Crippen LogP contribution in [0.25, 0.3) is 11.1 Å². The average Bonchev–Trinajstić information content (AvgIpc) is 3.12. The highest BCUT2D eigenvalue weighted by Gasteiger charge is 2.31. The molecule has 0 unspecified atom stereocenters. The number of fused-ring (bicyclic) bond motifs is 1. The van der Waals surface area contributed by atoms with Crippen LogP contribution >= 0.6 is 0 Å². The van der Waals surface area contributed by atoms with E-state index in [4.69, 9.17) is 9.47 Å². The Bertz CT molecular complexity index is 1050. The van der Waals surface area contributed by atoms with Crippen molar-refractivity contribution in [1.29, 1.82) is 0 Å². The number of aromatic nitrogens is 4. The molecule has 156 valence electrons. The van der Waals surface area contributed by atoms with Crippen LogP contribution in [0.2, 0.25) is 0 Å². The predicted octanol–water partition coefficient (Wildman–Crippen LogP) is 2.99. The van der Waals surface area contributed by atoms with Crippen LogP contribution in [0, 0.1) is 10.1 Å². The van der Waals surface area contributed by atoms with Gasteiger partial charge in [0.25, 0.3) is 0 Å². The zero-order valence-electron chi connectivity index (χ0n) is 14.9. The maximum atomic E-state index is 12.2. The standard InChI is InChI=1S/C17H12F3N5O5/c18-17(19,20)30-12-3-1-10(2-4-12)11-5-21-15(22-6-11)29-13-7-24-8-14(25(26)27)23-16(24)28-9-13/h1-6,8,13H,7,9H2/t13-/m1/s1. The fourth-order valence-corrected chi connectivity index (χ4v) is 2.75. The molecule has 2 aromatic heterocycles. The molecule has 10 nitrogen and oxygen atoms in total. The van der Waals surface area contributed by atoms with E-state index in [1.165, 1.54) is 47.4 Å². The highest BCUT2D eigenvalue weighted by molar-refractivity contribution is 5.62. The van der Waals surface area contributed by atoms with Gasteiger partial charge in [-0.1, -0.05) is 12.1 Å². The maximum Gasteiger partial charge on any atom is 0.573 e. The van der Waals surface area contributed by atoms with E-state index in [0.717, 1.165) is 0 Å². The summed E-state index contributed by atoms with van der Waals surface area (Å²) in [6.07, 6.45) is -1.08. The van der Waals surface area contributed by atoms with Crippen LogP contribution in [0.15, 0.2) is 42.9 Å². The smallest absolute Gasteiger partial charge is 0.455 e. The molecular formula is C17H12F3N5O5. The molecule has 0 radical (unpaired) electrons. The van der Waals surface area contributed by atoms with Crippen molar-refractivity contribution >= 4 is 5.82 Å². The van der Waals surface area contributed by atoms with Gasteiger partial charge in [0.1, 0.15) is 18.6 Å². The summed E-state index contributed by atoms with van der Waals surface area (Å²) in [5.74, 6) is -0.651. The summed E-state index contributed by atoms with van der Waals surface area (Å²) in [4.78, 5) is 22.1. The van der Waals surface area contributed by atoms with Gasteiger partial charge in [0.2, 0.25) is 0 Å². The molecule has 0 saturated carbocycles. The number of rotatable bonds is 5. The van der Waals surface area contributed by atoms with Gasteiger partial charge in [-0.2, -0.15) is 0 Å². The molecule has 3 aromatic rings. The third-order valence-electron chi connectivity index (χ3n) is 4.03. The summed E-state index contributed by atoms with van der Waals surface area (Å²) in [7, 11) is 0. The molecule has 0 saturated heterocycles. The second-order valence-corrected chi connectivity index (χ2v) is 6.17. The van der Waals surface area contributed by atoms with Crippen molar-refractivity contribution < 1.29 is 32.3 Å². The highest BCUT2D eigenvalue weighted by Crippen LogP contribution is 2.27. The first-order valence-electron chi connectivity index (χ1n) is 8.46. The van der Waals surface area contributed by atoms with Crippen LogP contribution in [-0.2, 0) is 6.54 Å². The van der Waals surface area contributed by atoms with Crippen molar-refractivity contribution in [2.45, 2.75) is 19.0 Å². The first kappa shape index (κ1) is 19.4. The van der Waals surface area contributed by atoms with Gasteiger partial charge in [-0.15, -0.1) is 13.2 Å². The lowest BCUT2D eigenvalue weighted by molar-refractivity contribution is -0.389. The fraction of sp³-hybridized carbons (Fsp3) is 0.235. The van der Waals surface area contributed by atoms with Crippen LogP contribution in [-0.4, -0.2) is 43.5 Å². The third-order valence-corrected chi connectivity index (χ3v) is 4.03. The van der Waals surface area contributed by atoms with E-state index in [0.29, 0.717) is 11.1 Å². The Balaban J connectivity index is 1.40. The van der Waals surface area contributed by atoms with E-state index < -0.39 is 17.4 Å². The summed E-state index contributed by atoms with van der Waals surface area (Å²) in [5, 5.41) is 10.8. The molecule has 0 N–H and O–H groups in total. The van der Waals surface area contributed by atoms with Crippen molar-refractivity contribution in [3.05, 3.63) is 53.0 Å². The van der Waals surface area contributed by atoms with E-state index in [-0.39, 0.29) is 36.7 Å². The zero-order chi connectivity index (χ0) is 21.3. The number of halogens is 3. The van der Waals surface area contributed by atoms with Crippen molar-refractivity contribution in [2.24, 2.45) is 0 Å². The lowest BCUT2D eigenvalue weighted by atomic mass is 10.1. The van der Waals surface area contributed by atoms with E-state index >= 15 is 0 Å². The Morgan fingerprint density at radius 3 is 2.50 bits per heavy atom. The van der Waals surface area contributed by atoms with Crippen molar-refractivity contribution in [3.63, 3.8) is 0 Å². The number of nitro groups is 1. The Morgan fingerprint density at radius 2 is 1.87 bits per heavy atom. The van der Waals surface area contributed by atoms with E-state index in [1.807, 2.05) is 0 Å². The van der Waals surface area contributed by atoms with Crippen LogP contribution in [0.5, 0.6) is 17.8 Å². The Hall–Kier alpha value is -3.90. The minimum atomic E-state index is -4.76. The molecule has 1 aliphatic heterocycles.